The van der Waals surface area contributed by atoms with E-state index in [1.54, 1.807) is 6.08 Å². The van der Waals surface area contributed by atoms with E-state index in [1.165, 1.54) is 22.9 Å². The zero-order valence-corrected chi connectivity index (χ0v) is 20.5. The number of hydrogen-bond donors (Lipinski definition) is 2. The van der Waals surface area contributed by atoms with E-state index >= 15 is 0 Å². The van der Waals surface area contributed by atoms with Crippen LogP contribution >= 0.6 is 11.6 Å². The van der Waals surface area contributed by atoms with Crippen LogP contribution in [0.3, 0.4) is 0 Å². The van der Waals surface area contributed by atoms with Crippen LogP contribution in [0.4, 0.5) is 5.69 Å². The second-order valence-electron chi connectivity index (χ2n) is 8.65. The Labute approximate surface area is 212 Å². The topological polar surface area (TPSA) is 61.8 Å². The molecule has 1 heterocycles. The maximum atomic E-state index is 10.5. The molecular weight excluding hydrogens is 460 g/mol. The van der Waals surface area contributed by atoms with E-state index in [0.29, 0.717) is 13.2 Å². The van der Waals surface area contributed by atoms with Crippen molar-refractivity contribution in [3.05, 3.63) is 112 Å². The fourth-order valence-corrected chi connectivity index (χ4v) is 4.50. The number of nitrogens with zero attached hydrogens (tertiary/aromatic N) is 1. The van der Waals surface area contributed by atoms with Gasteiger partial charge in [-0.3, -0.25) is 0 Å². The largest absolute Gasteiger partial charge is 0.493 e. The molecule has 2 aliphatic rings. The molecule has 0 unspecified atom stereocenters. The van der Waals surface area contributed by atoms with Crippen LogP contribution in [0.5, 0.6) is 0 Å². The third-order valence-corrected chi connectivity index (χ3v) is 6.33. The molecule has 2 aromatic rings. The minimum atomic E-state index is -0.919. The van der Waals surface area contributed by atoms with Crippen molar-refractivity contribution < 1.29 is 14.6 Å². The van der Waals surface area contributed by atoms with Crippen molar-refractivity contribution >= 4 is 23.3 Å². The van der Waals surface area contributed by atoms with Crippen molar-refractivity contribution in [2.24, 2.45) is 0 Å². The molecule has 6 heteroatoms. The van der Waals surface area contributed by atoms with E-state index < -0.39 is 5.97 Å². The summed E-state index contributed by atoms with van der Waals surface area (Å²) in [4.78, 5) is 12.9. The summed E-state index contributed by atoms with van der Waals surface area (Å²) in [5.74, 6) is 0.0592. The number of rotatable bonds is 11. The first-order chi connectivity index (χ1) is 17.1. The first kappa shape index (κ1) is 24.8. The van der Waals surface area contributed by atoms with E-state index in [0.717, 1.165) is 60.8 Å². The lowest BCUT2D eigenvalue weighted by Gasteiger charge is -2.31. The van der Waals surface area contributed by atoms with Gasteiger partial charge in [0.25, 0.3) is 0 Å². The molecule has 0 bridgehead atoms. The second-order valence-corrected chi connectivity index (χ2v) is 9.08. The van der Waals surface area contributed by atoms with Gasteiger partial charge in [0.15, 0.2) is 0 Å². The molecule has 0 radical (unpaired) electrons. The number of unbranched alkanes of at least 4 members (excludes halogenated alkanes) is 1. The molecule has 5 nitrogen and oxygen atoms in total. The highest BCUT2D eigenvalue weighted by Crippen LogP contribution is 2.38. The van der Waals surface area contributed by atoms with Gasteiger partial charge in [-0.05, 0) is 66.8 Å². The molecule has 2 aromatic carbocycles. The number of benzene rings is 2. The number of halogens is 1. The molecule has 0 atom stereocenters. The lowest BCUT2D eigenvalue weighted by atomic mass is 10.0. The van der Waals surface area contributed by atoms with Gasteiger partial charge in [0.05, 0.1) is 0 Å². The van der Waals surface area contributed by atoms with Gasteiger partial charge in [-0.1, -0.05) is 60.2 Å². The Balaban J connectivity index is 1.43. The van der Waals surface area contributed by atoms with Gasteiger partial charge in [0.1, 0.15) is 12.4 Å². The smallest absolute Gasteiger partial charge is 0.328 e. The van der Waals surface area contributed by atoms with Crippen molar-refractivity contribution in [3.8, 4) is 0 Å². The van der Waals surface area contributed by atoms with Crippen molar-refractivity contribution in [3.63, 3.8) is 0 Å². The van der Waals surface area contributed by atoms with Gasteiger partial charge < -0.3 is 20.1 Å². The molecule has 0 amide bonds. The molecule has 0 fully saturated rings. The number of carboxylic acids is 1. The van der Waals surface area contributed by atoms with E-state index in [9.17, 15) is 4.79 Å². The monoisotopic (exact) mass is 490 g/mol. The Morgan fingerprint density at radius 1 is 1.14 bits per heavy atom. The summed E-state index contributed by atoms with van der Waals surface area (Å²) in [7, 11) is 0. The summed E-state index contributed by atoms with van der Waals surface area (Å²) in [6.07, 6.45) is 13.0. The number of carboxylic acid groups (broad SMARTS) is 1. The molecule has 35 heavy (non-hydrogen) atoms. The molecule has 1 aliphatic carbocycles. The first-order valence-electron chi connectivity index (χ1n) is 12.0. The van der Waals surface area contributed by atoms with Crippen LogP contribution in [0.2, 0.25) is 5.02 Å². The normalized spacial score (nSPS) is 15.0. The number of fused-ring (bicyclic) bond motifs is 2. The average molecular weight is 491 g/mol. The number of carbonyl (C=O) groups is 1. The van der Waals surface area contributed by atoms with E-state index in [-0.39, 0.29) is 0 Å². The maximum absolute atomic E-state index is 10.5. The number of nitrogens with one attached hydrogen (secondary N) is 1. The first-order valence-corrected chi connectivity index (χ1v) is 12.4. The summed E-state index contributed by atoms with van der Waals surface area (Å²) in [5.41, 5.74) is 6.07. The minimum Gasteiger partial charge on any atom is -0.493 e. The minimum absolute atomic E-state index is 0.559. The summed E-state index contributed by atoms with van der Waals surface area (Å²) >= 11 is 6.39. The van der Waals surface area contributed by atoms with E-state index in [1.807, 2.05) is 24.3 Å². The van der Waals surface area contributed by atoms with Crippen molar-refractivity contribution in [2.75, 3.05) is 24.5 Å². The third kappa shape index (κ3) is 7.10. The summed E-state index contributed by atoms with van der Waals surface area (Å²) in [5, 5.41) is 12.7. The predicted octanol–water partition coefficient (Wildman–Crippen LogP) is 6.03. The molecular formula is C29H31ClN2O3. The van der Waals surface area contributed by atoms with Crippen molar-refractivity contribution in [1.29, 1.82) is 0 Å². The fourth-order valence-electron chi connectivity index (χ4n) is 4.34. The highest BCUT2D eigenvalue weighted by molar-refractivity contribution is 6.30. The number of ether oxygens (including phenoxy) is 1. The van der Waals surface area contributed by atoms with Crippen LogP contribution in [0.25, 0.3) is 0 Å². The Kier molecular flexibility index (Phi) is 8.82. The summed E-state index contributed by atoms with van der Waals surface area (Å²) in [6.45, 7) is 2.83. The maximum Gasteiger partial charge on any atom is 0.328 e. The SMILES string of the molecule is O=C(O)/C=C/CNCCCCN1C2=CC=C(OCc3ccccc3)CC2=CCc2ccc(Cl)cc21. The quantitative estimate of drug-likeness (QED) is 0.297. The van der Waals surface area contributed by atoms with Crippen molar-refractivity contribution in [2.45, 2.75) is 32.3 Å². The fraction of sp³-hybridized carbons (Fsp3) is 0.276. The van der Waals surface area contributed by atoms with Crippen LogP contribution in [0.1, 0.15) is 30.4 Å². The number of allylic oxidation sites excluding steroid dienone is 5. The standard InChI is InChI=1S/C29H31ClN2O3/c30-25-13-12-23-10-11-24-19-26(35-21-22-7-2-1-3-8-22)14-15-27(24)32(28(23)20-25)18-5-4-16-31-17-6-9-29(33)34/h1-3,6-9,11-15,20,31H,4-5,10,16-19,21H2,(H,33,34)/b9-6+. The number of hydrogen-bond acceptors (Lipinski definition) is 4. The Morgan fingerprint density at radius 3 is 2.83 bits per heavy atom. The third-order valence-electron chi connectivity index (χ3n) is 6.09. The van der Waals surface area contributed by atoms with E-state index in [2.05, 4.69) is 52.7 Å². The lowest BCUT2D eigenvalue weighted by Crippen LogP contribution is -2.27. The van der Waals surface area contributed by atoms with Crippen LogP contribution < -0.4 is 10.2 Å². The van der Waals surface area contributed by atoms with Gasteiger partial charge in [-0.15, -0.1) is 0 Å². The summed E-state index contributed by atoms with van der Waals surface area (Å²) < 4.78 is 6.14. The molecule has 0 aromatic heterocycles. The van der Waals surface area contributed by atoms with Crippen molar-refractivity contribution in [1.82, 2.24) is 5.32 Å². The number of aliphatic carboxylic acids is 1. The Morgan fingerprint density at radius 2 is 2.00 bits per heavy atom. The van der Waals surface area contributed by atoms with Crippen LogP contribution in [-0.2, 0) is 22.6 Å². The van der Waals surface area contributed by atoms with Gasteiger partial charge in [0.2, 0.25) is 0 Å². The highest BCUT2D eigenvalue weighted by Gasteiger charge is 2.24. The highest BCUT2D eigenvalue weighted by atomic mass is 35.5. The number of anilines is 1. The molecule has 0 saturated heterocycles. The average Bonchev–Trinajstić information content (AvgIpc) is 3.01. The zero-order valence-electron chi connectivity index (χ0n) is 19.8. The van der Waals surface area contributed by atoms with Gasteiger partial charge in [-0.25, -0.2) is 4.79 Å². The Bertz CT molecular complexity index is 1150. The van der Waals surface area contributed by atoms with Gasteiger partial charge in [0, 0.05) is 42.0 Å². The molecule has 4 rings (SSSR count). The van der Waals surface area contributed by atoms with Crippen LogP contribution in [-0.4, -0.2) is 30.7 Å². The molecule has 1 aliphatic heterocycles. The van der Waals surface area contributed by atoms with Crippen LogP contribution in [0.15, 0.2) is 95.9 Å². The van der Waals surface area contributed by atoms with Gasteiger partial charge >= 0.3 is 5.97 Å². The predicted molar refractivity (Wildman–Crippen MR) is 141 cm³/mol. The molecule has 0 spiro atoms. The molecule has 182 valence electrons. The second kappa shape index (κ2) is 12.4. The summed E-state index contributed by atoms with van der Waals surface area (Å²) in [6, 6.07) is 16.4. The Hall–Kier alpha value is -3.28. The molecule has 0 saturated carbocycles. The van der Waals surface area contributed by atoms with E-state index in [4.69, 9.17) is 21.4 Å². The van der Waals surface area contributed by atoms with Crippen LogP contribution in [0, 0.1) is 0 Å². The lowest BCUT2D eigenvalue weighted by molar-refractivity contribution is -0.131. The molecule has 2 N–H and O–H groups in total. The zero-order chi connectivity index (χ0) is 24.5. The van der Waals surface area contributed by atoms with Gasteiger partial charge in [-0.2, -0.15) is 0 Å².